The predicted octanol–water partition coefficient (Wildman–Crippen LogP) is 3.41. The summed E-state index contributed by atoms with van der Waals surface area (Å²) in [6, 6.07) is 9.14. The first-order valence-electron chi connectivity index (χ1n) is 6.03. The average molecular weight is 350 g/mol. The number of nitrogens with one attached hydrogen (secondary N) is 1. The largest absolute Gasteiger partial charge is 0.507 e. The van der Waals surface area contributed by atoms with E-state index in [1.54, 1.807) is 25.1 Å². The Kier molecular flexibility index (Phi) is 4.28. The van der Waals surface area contributed by atoms with Gasteiger partial charge in [0.25, 0.3) is 5.91 Å². The number of hydrogen-bond donors (Lipinski definition) is 3. The van der Waals surface area contributed by atoms with E-state index in [2.05, 4.69) is 21.2 Å². The van der Waals surface area contributed by atoms with E-state index in [0.29, 0.717) is 15.7 Å². The number of phenols is 1. The fraction of sp³-hybridized carbons (Fsp3) is 0.0667. The number of hydrogen-bond acceptors (Lipinski definition) is 3. The lowest BCUT2D eigenvalue weighted by Gasteiger charge is -2.11. The molecule has 0 bridgehead atoms. The van der Waals surface area contributed by atoms with Gasteiger partial charge in [0.05, 0.1) is 11.1 Å². The number of carboxylic acid groups (broad SMARTS) is 1. The summed E-state index contributed by atoms with van der Waals surface area (Å²) in [4.78, 5) is 23.2. The summed E-state index contributed by atoms with van der Waals surface area (Å²) in [6.45, 7) is 1.61. The minimum atomic E-state index is -1.06. The van der Waals surface area contributed by atoms with Crippen LogP contribution < -0.4 is 5.32 Å². The molecule has 0 aliphatic heterocycles. The highest BCUT2D eigenvalue weighted by molar-refractivity contribution is 9.10. The quantitative estimate of drug-likeness (QED) is 0.792. The normalized spacial score (nSPS) is 10.2. The Morgan fingerprint density at radius 2 is 1.86 bits per heavy atom. The Morgan fingerprint density at radius 1 is 1.14 bits per heavy atom. The first-order chi connectivity index (χ1) is 9.90. The SMILES string of the molecule is Cc1c(NC(=O)c2ccc(Br)cc2O)cccc1C(=O)O. The highest BCUT2D eigenvalue weighted by atomic mass is 79.9. The Hall–Kier alpha value is -2.34. The van der Waals surface area contributed by atoms with Crippen LogP contribution in [0.15, 0.2) is 40.9 Å². The van der Waals surface area contributed by atoms with Crippen LogP contribution in [0.2, 0.25) is 0 Å². The van der Waals surface area contributed by atoms with Gasteiger partial charge >= 0.3 is 5.97 Å². The van der Waals surface area contributed by atoms with Gasteiger partial charge in [-0.1, -0.05) is 22.0 Å². The molecule has 2 aromatic carbocycles. The highest BCUT2D eigenvalue weighted by Gasteiger charge is 2.15. The molecule has 0 heterocycles. The molecule has 3 N–H and O–H groups in total. The van der Waals surface area contributed by atoms with Crippen molar-refractivity contribution in [3.63, 3.8) is 0 Å². The van der Waals surface area contributed by atoms with Crippen LogP contribution in [0.5, 0.6) is 5.75 Å². The van der Waals surface area contributed by atoms with Crippen molar-refractivity contribution >= 4 is 33.5 Å². The fourth-order valence-electron chi connectivity index (χ4n) is 1.89. The van der Waals surface area contributed by atoms with Crippen LogP contribution in [0, 0.1) is 6.92 Å². The van der Waals surface area contributed by atoms with Crippen LogP contribution in [0.1, 0.15) is 26.3 Å². The Labute approximate surface area is 129 Å². The summed E-state index contributed by atoms with van der Waals surface area (Å²) < 4.78 is 0.653. The number of amides is 1. The number of benzene rings is 2. The first kappa shape index (κ1) is 15.1. The maximum Gasteiger partial charge on any atom is 0.336 e. The maximum atomic E-state index is 12.1. The molecule has 0 atom stereocenters. The van der Waals surface area contributed by atoms with Gasteiger partial charge in [-0.25, -0.2) is 4.79 Å². The molecule has 0 saturated carbocycles. The zero-order valence-electron chi connectivity index (χ0n) is 11.1. The molecule has 6 heteroatoms. The van der Waals surface area contributed by atoms with Crippen molar-refractivity contribution in [1.29, 1.82) is 0 Å². The van der Waals surface area contributed by atoms with Gasteiger partial charge in [0, 0.05) is 10.2 Å². The zero-order chi connectivity index (χ0) is 15.6. The molecule has 0 fully saturated rings. The lowest BCUT2D eigenvalue weighted by molar-refractivity contribution is 0.0695. The number of aromatic hydroxyl groups is 1. The van der Waals surface area contributed by atoms with Crippen molar-refractivity contribution < 1.29 is 19.8 Å². The van der Waals surface area contributed by atoms with Gasteiger partial charge in [-0.15, -0.1) is 0 Å². The van der Waals surface area contributed by atoms with Crippen molar-refractivity contribution in [2.24, 2.45) is 0 Å². The van der Waals surface area contributed by atoms with Crippen molar-refractivity contribution in [3.05, 3.63) is 57.6 Å². The summed E-state index contributed by atoms with van der Waals surface area (Å²) in [5.41, 5.74) is 1.07. The summed E-state index contributed by atoms with van der Waals surface area (Å²) in [6.07, 6.45) is 0. The molecule has 0 spiro atoms. The molecule has 2 rings (SSSR count). The summed E-state index contributed by atoms with van der Waals surface area (Å²) in [7, 11) is 0. The molecule has 0 unspecified atom stereocenters. The number of aromatic carboxylic acids is 1. The van der Waals surface area contributed by atoms with E-state index < -0.39 is 11.9 Å². The number of phenolic OH excluding ortho intramolecular Hbond substituents is 1. The van der Waals surface area contributed by atoms with E-state index in [-0.39, 0.29) is 16.9 Å². The number of carbonyl (C=O) groups is 2. The van der Waals surface area contributed by atoms with E-state index >= 15 is 0 Å². The predicted molar refractivity (Wildman–Crippen MR) is 81.9 cm³/mol. The van der Waals surface area contributed by atoms with Crippen molar-refractivity contribution in [2.45, 2.75) is 6.92 Å². The van der Waals surface area contributed by atoms with Crippen LogP contribution >= 0.6 is 15.9 Å². The summed E-state index contributed by atoms with van der Waals surface area (Å²) in [5.74, 6) is -1.73. The highest BCUT2D eigenvalue weighted by Crippen LogP contribution is 2.25. The third-order valence-electron chi connectivity index (χ3n) is 3.02. The van der Waals surface area contributed by atoms with Gasteiger partial charge < -0.3 is 15.5 Å². The average Bonchev–Trinajstić information content (AvgIpc) is 2.40. The van der Waals surface area contributed by atoms with Crippen LogP contribution in [0.4, 0.5) is 5.69 Å². The third kappa shape index (κ3) is 3.22. The van der Waals surface area contributed by atoms with Crippen LogP contribution in [0.3, 0.4) is 0 Å². The lowest BCUT2D eigenvalue weighted by Crippen LogP contribution is -2.14. The van der Waals surface area contributed by atoms with Crippen molar-refractivity contribution in [3.8, 4) is 5.75 Å². The van der Waals surface area contributed by atoms with Gasteiger partial charge in [-0.3, -0.25) is 4.79 Å². The standard InChI is InChI=1S/C15H12BrNO4/c1-8-10(15(20)21)3-2-4-12(8)17-14(19)11-6-5-9(16)7-13(11)18/h2-7,18H,1H3,(H,17,19)(H,20,21). The van der Waals surface area contributed by atoms with Crippen molar-refractivity contribution in [1.82, 2.24) is 0 Å². The van der Waals surface area contributed by atoms with Gasteiger partial charge in [-0.2, -0.15) is 0 Å². The van der Waals surface area contributed by atoms with E-state index in [1.165, 1.54) is 18.2 Å². The molecule has 0 saturated heterocycles. The molecule has 0 radical (unpaired) electrons. The molecule has 0 aliphatic carbocycles. The van der Waals surface area contributed by atoms with Gasteiger partial charge in [0.2, 0.25) is 0 Å². The maximum absolute atomic E-state index is 12.1. The Balaban J connectivity index is 2.32. The molecule has 2 aromatic rings. The van der Waals surface area contributed by atoms with E-state index in [9.17, 15) is 14.7 Å². The van der Waals surface area contributed by atoms with E-state index in [4.69, 9.17) is 5.11 Å². The lowest BCUT2D eigenvalue weighted by atomic mass is 10.1. The Bertz CT molecular complexity index is 728. The molecular weight excluding hydrogens is 338 g/mol. The molecule has 21 heavy (non-hydrogen) atoms. The molecule has 0 aromatic heterocycles. The van der Waals surface area contributed by atoms with E-state index in [1.807, 2.05) is 0 Å². The minimum absolute atomic E-state index is 0.110. The Morgan fingerprint density at radius 3 is 2.48 bits per heavy atom. The second-order valence-corrected chi connectivity index (χ2v) is 5.31. The first-order valence-corrected chi connectivity index (χ1v) is 6.82. The van der Waals surface area contributed by atoms with Crippen LogP contribution in [0.25, 0.3) is 0 Å². The van der Waals surface area contributed by atoms with Crippen molar-refractivity contribution in [2.75, 3.05) is 5.32 Å². The number of carboxylic acids is 1. The molecule has 1 amide bonds. The molecule has 108 valence electrons. The minimum Gasteiger partial charge on any atom is -0.507 e. The van der Waals surface area contributed by atoms with E-state index in [0.717, 1.165) is 0 Å². The van der Waals surface area contributed by atoms with Gasteiger partial charge in [-0.05, 0) is 42.8 Å². The van der Waals surface area contributed by atoms with Gasteiger partial charge in [0.15, 0.2) is 0 Å². The summed E-state index contributed by atoms with van der Waals surface area (Å²) in [5, 5.41) is 21.4. The molecule has 5 nitrogen and oxygen atoms in total. The molecular formula is C15H12BrNO4. The van der Waals surface area contributed by atoms with Crippen LogP contribution in [-0.4, -0.2) is 22.1 Å². The number of rotatable bonds is 3. The fourth-order valence-corrected chi connectivity index (χ4v) is 2.24. The number of anilines is 1. The number of carbonyl (C=O) groups excluding carboxylic acids is 1. The van der Waals surface area contributed by atoms with Crippen LogP contribution in [-0.2, 0) is 0 Å². The second-order valence-electron chi connectivity index (χ2n) is 4.40. The number of halogens is 1. The monoisotopic (exact) mass is 349 g/mol. The second kappa shape index (κ2) is 5.97. The summed E-state index contributed by atoms with van der Waals surface area (Å²) >= 11 is 3.19. The molecule has 0 aliphatic rings. The smallest absolute Gasteiger partial charge is 0.336 e. The third-order valence-corrected chi connectivity index (χ3v) is 3.51. The topological polar surface area (TPSA) is 86.6 Å². The van der Waals surface area contributed by atoms with Gasteiger partial charge in [0.1, 0.15) is 5.75 Å². The zero-order valence-corrected chi connectivity index (χ0v) is 12.6.